The van der Waals surface area contributed by atoms with E-state index < -0.39 is 0 Å². The Bertz CT molecular complexity index is 1120. The van der Waals surface area contributed by atoms with E-state index in [9.17, 15) is 9.59 Å². The molecule has 0 saturated carbocycles. The summed E-state index contributed by atoms with van der Waals surface area (Å²) < 4.78 is 0. The van der Waals surface area contributed by atoms with Crippen molar-refractivity contribution in [3.05, 3.63) is 66.2 Å². The first-order valence-corrected chi connectivity index (χ1v) is 10.2. The van der Waals surface area contributed by atoms with Gasteiger partial charge in [-0.1, -0.05) is 6.07 Å². The third-order valence-corrected chi connectivity index (χ3v) is 5.13. The van der Waals surface area contributed by atoms with E-state index in [4.69, 9.17) is 0 Å². The van der Waals surface area contributed by atoms with Gasteiger partial charge in [0.2, 0.25) is 0 Å². The molecule has 0 radical (unpaired) electrons. The first-order chi connectivity index (χ1) is 15.1. The molecule has 4 rings (SSSR count). The number of benzene rings is 2. The van der Waals surface area contributed by atoms with Crippen LogP contribution in [0.1, 0.15) is 25.1 Å². The van der Waals surface area contributed by atoms with E-state index in [0.29, 0.717) is 22.6 Å². The predicted molar refractivity (Wildman–Crippen MR) is 124 cm³/mol. The van der Waals surface area contributed by atoms with Crippen LogP contribution >= 0.6 is 0 Å². The van der Waals surface area contributed by atoms with Gasteiger partial charge >= 0.3 is 6.03 Å². The fraction of sp³-hybridized carbons (Fsp3) is 0.174. The number of H-pyrrole nitrogens is 1. The highest BCUT2D eigenvalue weighted by Gasteiger charge is 2.24. The molecule has 0 atom stereocenters. The lowest BCUT2D eigenvalue weighted by atomic mass is 10.1. The van der Waals surface area contributed by atoms with E-state index in [-0.39, 0.29) is 11.9 Å². The van der Waals surface area contributed by atoms with Gasteiger partial charge in [-0.05, 0) is 56.3 Å². The zero-order chi connectivity index (χ0) is 21.8. The number of hydrogen-bond acceptors (Lipinski definition) is 4. The van der Waals surface area contributed by atoms with Crippen molar-refractivity contribution < 1.29 is 9.59 Å². The summed E-state index contributed by atoms with van der Waals surface area (Å²) in [5.41, 5.74) is 5.11. The van der Waals surface area contributed by atoms with Crippen molar-refractivity contribution in [1.82, 2.24) is 9.97 Å². The molecule has 2 aromatic carbocycles. The molecule has 2 heterocycles. The Hall–Kier alpha value is -4.07. The Balaban J connectivity index is 1.43. The molecule has 4 N–H and O–H groups in total. The van der Waals surface area contributed by atoms with E-state index in [0.717, 1.165) is 30.0 Å². The van der Waals surface area contributed by atoms with Crippen LogP contribution in [0, 0.1) is 0 Å². The molecule has 0 unspecified atom stereocenters. The van der Waals surface area contributed by atoms with Crippen molar-refractivity contribution >= 4 is 46.3 Å². The predicted octanol–water partition coefficient (Wildman–Crippen LogP) is 4.39. The zero-order valence-corrected chi connectivity index (χ0v) is 17.4. The van der Waals surface area contributed by atoms with Crippen molar-refractivity contribution in [2.75, 3.05) is 33.9 Å². The fourth-order valence-corrected chi connectivity index (χ4v) is 3.55. The number of carbonyl (C=O) groups is 2. The Morgan fingerprint density at radius 2 is 1.77 bits per heavy atom. The van der Waals surface area contributed by atoms with Gasteiger partial charge < -0.3 is 25.8 Å². The molecular formula is C23H24N6O2. The number of carbonyl (C=O) groups excluding carboxylic acids is 2. The minimum absolute atomic E-state index is 0.195. The fourth-order valence-electron chi connectivity index (χ4n) is 3.55. The first-order valence-electron chi connectivity index (χ1n) is 10.2. The Labute approximate surface area is 180 Å². The number of urea groups is 1. The number of aromatic amines is 1. The second-order valence-corrected chi connectivity index (χ2v) is 7.08. The summed E-state index contributed by atoms with van der Waals surface area (Å²) in [6, 6.07) is 12.7. The highest BCUT2D eigenvalue weighted by atomic mass is 16.2. The van der Waals surface area contributed by atoms with Crippen LogP contribution in [-0.4, -0.2) is 35.0 Å². The number of nitrogens with one attached hydrogen (secondary N) is 4. The zero-order valence-electron chi connectivity index (χ0n) is 17.4. The van der Waals surface area contributed by atoms with E-state index in [2.05, 4.69) is 44.7 Å². The molecule has 8 heteroatoms. The van der Waals surface area contributed by atoms with E-state index in [1.165, 1.54) is 0 Å². The van der Waals surface area contributed by atoms with E-state index >= 15 is 0 Å². The maximum atomic E-state index is 12.4. The van der Waals surface area contributed by atoms with E-state index in [1.807, 2.05) is 30.3 Å². The molecule has 1 aliphatic heterocycles. The second kappa shape index (κ2) is 8.74. The molecule has 31 heavy (non-hydrogen) atoms. The third-order valence-electron chi connectivity index (χ3n) is 5.13. The molecule has 0 aliphatic carbocycles. The summed E-state index contributed by atoms with van der Waals surface area (Å²) in [6.07, 6.45) is 4.95. The van der Waals surface area contributed by atoms with Crippen molar-refractivity contribution in [2.45, 2.75) is 13.8 Å². The van der Waals surface area contributed by atoms with Gasteiger partial charge in [0.1, 0.15) is 0 Å². The summed E-state index contributed by atoms with van der Waals surface area (Å²) in [4.78, 5) is 33.9. The molecule has 0 bridgehead atoms. The number of imidazole rings is 1. The van der Waals surface area contributed by atoms with Crippen LogP contribution in [0.4, 0.5) is 27.5 Å². The highest BCUT2D eigenvalue weighted by Crippen LogP contribution is 2.34. The van der Waals surface area contributed by atoms with Gasteiger partial charge in [0.15, 0.2) is 0 Å². The Morgan fingerprint density at radius 3 is 2.45 bits per heavy atom. The molecule has 3 amide bonds. The van der Waals surface area contributed by atoms with Gasteiger partial charge in [0.05, 0.1) is 29.5 Å². The molecule has 0 spiro atoms. The third kappa shape index (κ3) is 4.42. The van der Waals surface area contributed by atoms with Crippen molar-refractivity contribution in [3.8, 4) is 0 Å². The van der Waals surface area contributed by atoms with Crippen LogP contribution in [0.3, 0.4) is 0 Å². The highest BCUT2D eigenvalue weighted by molar-refractivity contribution is 6.35. The van der Waals surface area contributed by atoms with Crippen molar-refractivity contribution in [1.29, 1.82) is 0 Å². The number of nitrogens with zero attached hydrogens (tertiary/aromatic N) is 2. The van der Waals surface area contributed by atoms with Crippen molar-refractivity contribution in [2.24, 2.45) is 0 Å². The summed E-state index contributed by atoms with van der Waals surface area (Å²) in [5, 5.41) is 8.47. The molecule has 1 aliphatic rings. The van der Waals surface area contributed by atoms with Gasteiger partial charge in [-0.3, -0.25) is 4.79 Å². The summed E-state index contributed by atoms with van der Waals surface area (Å²) in [6.45, 7) is 6.07. The minimum atomic E-state index is -0.354. The molecular weight excluding hydrogens is 392 g/mol. The molecule has 8 nitrogen and oxygen atoms in total. The maximum absolute atomic E-state index is 12.4. The second-order valence-electron chi connectivity index (χ2n) is 7.08. The molecule has 158 valence electrons. The normalized spacial score (nSPS) is 13.6. The lowest BCUT2D eigenvalue weighted by molar-refractivity contribution is -0.110. The number of rotatable bonds is 6. The van der Waals surface area contributed by atoms with Crippen LogP contribution in [0.5, 0.6) is 0 Å². The van der Waals surface area contributed by atoms with Crippen molar-refractivity contribution in [3.63, 3.8) is 0 Å². The van der Waals surface area contributed by atoms with Gasteiger partial charge in [0, 0.05) is 35.7 Å². The van der Waals surface area contributed by atoms with Crippen LogP contribution < -0.4 is 20.9 Å². The lowest BCUT2D eigenvalue weighted by Gasteiger charge is -2.21. The number of anilines is 4. The smallest absolute Gasteiger partial charge is 0.323 e. The number of fused-ring (bicyclic) bond motifs is 1. The molecule has 1 aromatic heterocycles. The Kier molecular flexibility index (Phi) is 5.70. The van der Waals surface area contributed by atoms with Gasteiger partial charge in [0.25, 0.3) is 5.91 Å². The standard InChI is InChI=1S/C23H24N6O2/c1-3-29(4-2)18-8-5-15(6-9-18)26-23(31)27-16-7-10-19-20(11-17-13-24-14-25-17)22(30)28-21(19)12-16/h5-14H,3-4H2,1-2H3,(H,24,25)(H,28,30)(H2,26,27,31)/b20-11-. The van der Waals surface area contributed by atoms with Crippen LogP contribution in [0.2, 0.25) is 0 Å². The van der Waals surface area contributed by atoms with Gasteiger partial charge in [-0.25, -0.2) is 9.78 Å². The van der Waals surface area contributed by atoms with Gasteiger partial charge in [-0.2, -0.15) is 0 Å². The SMILES string of the molecule is CCN(CC)c1ccc(NC(=O)Nc2ccc3c(c2)NC(=O)/C3=C\c2cnc[nH]2)cc1. The summed E-state index contributed by atoms with van der Waals surface area (Å²) in [5.74, 6) is -0.195. The van der Waals surface area contributed by atoms with Crippen LogP contribution in [0.15, 0.2) is 55.0 Å². The number of aromatic nitrogens is 2. The van der Waals surface area contributed by atoms with Crippen LogP contribution in [-0.2, 0) is 4.79 Å². The number of hydrogen-bond donors (Lipinski definition) is 4. The van der Waals surface area contributed by atoms with Gasteiger partial charge in [-0.15, -0.1) is 0 Å². The monoisotopic (exact) mass is 416 g/mol. The number of amides is 3. The van der Waals surface area contributed by atoms with Crippen LogP contribution in [0.25, 0.3) is 11.6 Å². The summed E-state index contributed by atoms with van der Waals surface area (Å²) >= 11 is 0. The first kappa shape index (κ1) is 20.2. The summed E-state index contributed by atoms with van der Waals surface area (Å²) in [7, 11) is 0. The molecule has 3 aromatic rings. The maximum Gasteiger partial charge on any atom is 0.323 e. The lowest BCUT2D eigenvalue weighted by Crippen LogP contribution is -2.22. The Morgan fingerprint density at radius 1 is 1.06 bits per heavy atom. The minimum Gasteiger partial charge on any atom is -0.372 e. The average Bonchev–Trinajstić information content (AvgIpc) is 3.38. The average molecular weight is 416 g/mol. The molecule has 0 fully saturated rings. The topological polar surface area (TPSA) is 102 Å². The largest absolute Gasteiger partial charge is 0.372 e. The quantitative estimate of drug-likeness (QED) is 0.448. The van der Waals surface area contributed by atoms with E-state index in [1.54, 1.807) is 30.7 Å². The molecule has 0 saturated heterocycles.